The number of carbonyl (C=O) groups is 2. The third kappa shape index (κ3) is 7.24. The lowest BCUT2D eigenvalue weighted by atomic mass is 10.1. The predicted octanol–water partition coefficient (Wildman–Crippen LogP) is 3.54. The van der Waals surface area contributed by atoms with E-state index in [1.165, 1.54) is 6.92 Å². The number of aliphatic carboxylic acids is 1. The van der Waals surface area contributed by atoms with Gasteiger partial charge in [0, 0.05) is 6.92 Å². The molecule has 0 radical (unpaired) electrons. The lowest BCUT2D eigenvalue weighted by Gasteiger charge is -1.99. The molecule has 2 aromatic rings. The minimum Gasteiger partial charge on any atom is -0.481 e. The summed E-state index contributed by atoms with van der Waals surface area (Å²) in [5.74, 6) is -0.467. The third-order valence-electron chi connectivity index (χ3n) is 2.76. The summed E-state index contributed by atoms with van der Waals surface area (Å²) in [5.41, 5.74) is 3.16. The van der Waals surface area contributed by atoms with Crippen LogP contribution in [0.3, 0.4) is 0 Å². The summed E-state index contributed by atoms with van der Waals surface area (Å²) in [6.07, 6.45) is 0.111. The van der Waals surface area contributed by atoms with E-state index in [0.717, 1.165) is 16.7 Å². The molecule has 0 spiro atoms. The van der Waals surface area contributed by atoms with E-state index in [4.69, 9.17) is 9.84 Å². The second-order valence-electron chi connectivity index (χ2n) is 4.96. The van der Waals surface area contributed by atoms with Gasteiger partial charge in [0.1, 0.15) is 5.75 Å². The van der Waals surface area contributed by atoms with Crippen molar-refractivity contribution in [1.82, 2.24) is 0 Å². The van der Waals surface area contributed by atoms with Crippen molar-refractivity contribution in [1.29, 1.82) is 0 Å². The van der Waals surface area contributed by atoms with Gasteiger partial charge in [-0.3, -0.25) is 9.59 Å². The highest BCUT2D eigenvalue weighted by atomic mass is 16.5. The first-order valence-electron chi connectivity index (χ1n) is 6.89. The summed E-state index contributed by atoms with van der Waals surface area (Å²) in [4.78, 5) is 20.7. The van der Waals surface area contributed by atoms with Gasteiger partial charge in [-0.25, -0.2) is 0 Å². The van der Waals surface area contributed by atoms with Crippen molar-refractivity contribution >= 4 is 11.9 Å². The van der Waals surface area contributed by atoms with Crippen LogP contribution in [0.5, 0.6) is 5.75 Å². The van der Waals surface area contributed by atoms with Gasteiger partial charge in [0.15, 0.2) is 0 Å². The van der Waals surface area contributed by atoms with Crippen molar-refractivity contribution in [3.8, 4) is 5.75 Å². The third-order valence-corrected chi connectivity index (χ3v) is 2.76. The average Bonchev–Trinajstić information content (AvgIpc) is 2.44. The topological polar surface area (TPSA) is 63.6 Å². The second kappa shape index (κ2) is 8.62. The Balaban J connectivity index is 0.000000220. The van der Waals surface area contributed by atoms with Gasteiger partial charge in [-0.05, 0) is 31.5 Å². The zero-order valence-electron chi connectivity index (χ0n) is 13.0. The van der Waals surface area contributed by atoms with E-state index in [1.54, 1.807) is 12.1 Å². The smallest absolute Gasteiger partial charge is 0.308 e. The number of rotatable bonds is 3. The molecule has 0 unspecified atom stereocenters. The maximum Gasteiger partial charge on any atom is 0.308 e. The summed E-state index contributed by atoms with van der Waals surface area (Å²) in [5, 5.41) is 8.44. The Hall–Kier alpha value is -2.62. The minimum atomic E-state index is -0.783. The van der Waals surface area contributed by atoms with Crippen LogP contribution in [0.1, 0.15) is 23.6 Å². The number of carboxylic acids is 1. The number of hydrogen-bond donors (Lipinski definition) is 1. The Labute approximate surface area is 130 Å². The van der Waals surface area contributed by atoms with Crippen LogP contribution in [0.15, 0.2) is 48.5 Å². The Morgan fingerprint density at radius 2 is 1.36 bits per heavy atom. The molecule has 0 bridgehead atoms. The van der Waals surface area contributed by atoms with Crippen LogP contribution in [-0.2, 0) is 16.0 Å². The number of carbonyl (C=O) groups excluding carboxylic acids is 1. The monoisotopic (exact) mass is 300 g/mol. The molecule has 0 aromatic heterocycles. The summed E-state index contributed by atoms with van der Waals surface area (Å²) in [6, 6.07) is 14.9. The summed E-state index contributed by atoms with van der Waals surface area (Å²) in [7, 11) is 0. The number of aryl methyl sites for hydroxylation is 2. The number of esters is 1. The van der Waals surface area contributed by atoms with Crippen molar-refractivity contribution in [3.63, 3.8) is 0 Å². The summed E-state index contributed by atoms with van der Waals surface area (Å²) in [6.45, 7) is 5.35. The van der Waals surface area contributed by atoms with Gasteiger partial charge in [-0.2, -0.15) is 0 Å². The molecular weight excluding hydrogens is 280 g/mol. The van der Waals surface area contributed by atoms with Crippen LogP contribution in [0.25, 0.3) is 0 Å². The van der Waals surface area contributed by atoms with Crippen LogP contribution in [0.2, 0.25) is 0 Å². The molecule has 1 N–H and O–H groups in total. The van der Waals surface area contributed by atoms with Crippen LogP contribution in [0, 0.1) is 13.8 Å². The fourth-order valence-electron chi connectivity index (χ4n) is 1.65. The number of ether oxygens (including phenoxy) is 1. The molecular formula is C18H20O4. The summed E-state index contributed by atoms with van der Waals surface area (Å²) < 4.78 is 4.83. The number of hydrogen-bond acceptors (Lipinski definition) is 3. The first kappa shape index (κ1) is 17.4. The van der Waals surface area contributed by atoms with Crippen molar-refractivity contribution < 1.29 is 19.4 Å². The average molecular weight is 300 g/mol. The van der Waals surface area contributed by atoms with E-state index < -0.39 is 5.97 Å². The molecule has 0 aliphatic rings. The summed E-state index contributed by atoms with van der Waals surface area (Å²) >= 11 is 0. The molecule has 22 heavy (non-hydrogen) atoms. The maximum atomic E-state index is 10.5. The molecule has 2 aromatic carbocycles. The fourth-order valence-corrected chi connectivity index (χ4v) is 1.65. The minimum absolute atomic E-state index is 0.111. The van der Waals surface area contributed by atoms with Crippen molar-refractivity contribution in [3.05, 3.63) is 65.2 Å². The second-order valence-corrected chi connectivity index (χ2v) is 4.96. The first-order valence-corrected chi connectivity index (χ1v) is 6.89. The zero-order valence-corrected chi connectivity index (χ0v) is 13.0. The fraction of sp³-hybridized carbons (Fsp3) is 0.222. The molecule has 4 heteroatoms. The van der Waals surface area contributed by atoms with E-state index >= 15 is 0 Å². The highest BCUT2D eigenvalue weighted by molar-refractivity contribution is 5.70. The molecule has 0 aliphatic heterocycles. The zero-order chi connectivity index (χ0) is 16.5. The van der Waals surface area contributed by atoms with Crippen molar-refractivity contribution in [2.24, 2.45) is 0 Å². The van der Waals surface area contributed by atoms with E-state index in [-0.39, 0.29) is 12.4 Å². The lowest BCUT2D eigenvalue weighted by Crippen LogP contribution is -2.00. The number of carboxylic acid groups (broad SMARTS) is 1. The molecule has 4 nitrogen and oxygen atoms in total. The highest BCUT2D eigenvalue weighted by Gasteiger charge is 1.98. The van der Waals surface area contributed by atoms with Crippen molar-refractivity contribution in [2.45, 2.75) is 27.2 Å². The van der Waals surface area contributed by atoms with Gasteiger partial charge < -0.3 is 9.84 Å². The predicted molar refractivity (Wildman–Crippen MR) is 85.0 cm³/mol. The maximum absolute atomic E-state index is 10.5. The Morgan fingerprint density at radius 1 is 0.909 bits per heavy atom. The molecule has 0 saturated heterocycles. The molecule has 0 aliphatic carbocycles. The van der Waals surface area contributed by atoms with Gasteiger partial charge in [0.2, 0.25) is 0 Å². The molecule has 0 saturated carbocycles. The molecule has 0 fully saturated rings. The normalized spacial score (nSPS) is 9.41. The van der Waals surface area contributed by atoms with Gasteiger partial charge in [-0.1, -0.05) is 47.5 Å². The van der Waals surface area contributed by atoms with Gasteiger partial charge in [0.05, 0.1) is 6.42 Å². The standard InChI is InChI=1S/2C9H10O2/c1-7-3-5-9(6-4-7)11-8(2)10;1-7-2-4-8(5-3-7)6-9(10)11/h3-6H,1-2H3;2-5H,6H2,1H3,(H,10,11). The van der Waals surface area contributed by atoms with Gasteiger partial charge in [0.25, 0.3) is 0 Å². The highest BCUT2D eigenvalue weighted by Crippen LogP contribution is 2.10. The van der Waals surface area contributed by atoms with E-state index in [1.807, 2.05) is 50.2 Å². The number of benzene rings is 2. The van der Waals surface area contributed by atoms with Crippen LogP contribution in [-0.4, -0.2) is 17.0 Å². The Kier molecular flexibility index (Phi) is 6.83. The van der Waals surface area contributed by atoms with Gasteiger partial charge in [-0.15, -0.1) is 0 Å². The van der Waals surface area contributed by atoms with E-state index in [2.05, 4.69) is 0 Å². The quantitative estimate of drug-likeness (QED) is 0.695. The Bertz CT molecular complexity index is 555. The lowest BCUT2D eigenvalue weighted by molar-refractivity contribution is -0.136. The SMILES string of the molecule is CC(=O)Oc1ccc(C)cc1.Cc1ccc(CC(=O)O)cc1. The molecule has 0 heterocycles. The van der Waals surface area contributed by atoms with Crippen LogP contribution in [0.4, 0.5) is 0 Å². The Morgan fingerprint density at radius 3 is 1.77 bits per heavy atom. The van der Waals surface area contributed by atoms with E-state index in [0.29, 0.717) is 5.75 Å². The largest absolute Gasteiger partial charge is 0.481 e. The molecule has 0 atom stereocenters. The van der Waals surface area contributed by atoms with Crippen LogP contribution < -0.4 is 4.74 Å². The molecule has 2 rings (SSSR count). The molecule has 0 amide bonds. The van der Waals surface area contributed by atoms with Gasteiger partial charge >= 0.3 is 11.9 Å². The first-order chi connectivity index (χ1) is 10.4. The van der Waals surface area contributed by atoms with Crippen LogP contribution >= 0.6 is 0 Å². The van der Waals surface area contributed by atoms with Crippen molar-refractivity contribution in [2.75, 3.05) is 0 Å². The molecule has 116 valence electrons. The van der Waals surface area contributed by atoms with E-state index in [9.17, 15) is 9.59 Å².